The van der Waals surface area contributed by atoms with Gasteiger partial charge in [-0.25, -0.2) is 0 Å². The van der Waals surface area contributed by atoms with Gasteiger partial charge in [0.05, 0.1) is 12.7 Å². The summed E-state index contributed by atoms with van der Waals surface area (Å²) in [7, 11) is 0. The van der Waals surface area contributed by atoms with Crippen LogP contribution in [0.15, 0.2) is 24.3 Å². The Morgan fingerprint density at radius 2 is 2.06 bits per heavy atom. The fourth-order valence-corrected chi connectivity index (χ4v) is 1.51. The average molecular weight is 223 g/mol. The predicted octanol–water partition coefficient (Wildman–Crippen LogP) is 1.25. The molecular weight excluding hydrogens is 202 g/mol. The molecule has 0 spiro atoms. The van der Waals surface area contributed by atoms with Crippen LogP contribution in [0.2, 0.25) is 0 Å². The van der Waals surface area contributed by atoms with Crippen LogP contribution in [0.25, 0.3) is 0 Å². The molecule has 1 rings (SSSR count). The molecular formula is C13H21NO2. The van der Waals surface area contributed by atoms with E-state index < -0.39 is 6.10 Å². The van der Waals surface area contributed by atoms with Gasteiger partial charge in [-0.05, 0) is 17.0 Å². The predicted molar refractivity (Wildman–Crippen MR) is 65.3 cm³/mol. The monoisotopic (exact) mass is 223 g/mol. The van der Waals surface area contributed by atoms with E-state index in [1.54, 1.807) is 0 Å². The molecule has 90 valence electrons. The van der Waals surface area contributed by atoms with Gasteiger partial charge in [0.1, 0.15) is 0 Å². The van der Waals surface area contributed by atoms with Crippen molar-refractivity contribution in [2.45, 2.75) is 32.4 Å². The van der Waals surface area contributed by atoms with Crippen LogP contribution in [0.1, 0.15) is 30.9 Å². The lowest BCUT2D eigenvalue weighted by atomic mass is 10.0. The molecule has 0 radical (unpaired) electrons. The molecule has 0 saturated heterocycles. The molecule has 0 amide bonds. The molecule has 0 aliphatic rings. The second-order valence-electron chi connectivity index (χ2n) is 4.37. The molecule has 0 bridgehead atoms. The first kappa shape index (κ1) is 13.2. The molecule has 3 nitrogen and oxygen atoms in total. The molecule has 0 aromatic heterocycles. The minimum atomic E-state index is -0.673. The fourth-order valence-electron chi connectivity index (χ4n) is 1.51. The van der Waals surface area contributed by atoms with Crippen molar-refractivity contribution in [1.29, 1.82) is 0 Å². The van der Waals surface area contributed by atoms with Gasteiger partial charge in [0, 0.05) is 13.1 Å². The van der Waals surface area contributed by atoms with E-state index in [0.29, 0.717) is 12.5 Å². The third-order valence-electron chi connectivity index (χ3n) is 2.54. The Kier molecular flexibility index (Phi) is 5.46. The number of hydrogen-bond acceptors (Lipinski definition) is 3. The third kappa shape index (κ3) is 4.31. The molecule has 16 heavy (non-hydrogen) atoms. The molecule has 1 aromatic rings. The maximum atomic E-state index is 9.17. The van der Waals surface area contributed by atoms with E-state index in [1.807, 2.05) is 0 Å². The van der Waals surface area contributed by atoms with Crippen molar-refractivity contribution in [2.75, 3.05) is 13.2 Å². The van der Waals surface area contributed by atoms with Crippen LogP contribution in [0.5, 0.6) is 0 Å². The number of benzene rings is 1. The summed E-state index contributed by atoms with van der Waals surface area (Å²) in [6, 6.07) is 8.40. The Hall–Kier alpha value is -0.900. The molecule has 0 unspecified atom stereocenters. The van der Waals surface area contributed by atoms with Crippen molar-refractivity contribution in [3.05, 3.63) is 35.4 Å². The number of nitrogens with one attached hydrogen (secondary N) is 1. The van der Waals surface area contributed by atoms with Crippen LogP contribution in [0.4, 0.5) is 0 Å². The zero-order valence-corrected chi connectivity index (χ0v) is 9.98. The van der Waals surface area contributed by atoms with E-state index in [0.717, 1.165) is 6.54 Å². The highest BCUT2D eigenvalue weighted by Crippen LogP contribution is 2.15. The minimum Gasteiger partial charge on any atom is -0.394 e. The maximum Gasteiger partial charge on any atom is 0.0895 e. The second-order valence-corrected chi connectivity index (χ2v) is 4.37. The van der Waals surface area contributed by atoms with Crippen molar-refractivity contribution < 1.29 is 10.2 Å². The summed E-state index contributed by atoms with van der Waals surface area (Å²) in [6.07, 6.45) is -0.673. The Bertz CT molecular complexity index is 313. The van der Waals surface area contributed by atoms with Gasteiger partial charge in [-0.15, -0.1) is 0 Å². The van der Waals surface area contributed by atoms with E-state index in [9.17, 15) is 0 Å². The summed E-state index contributed by atoms with van der Waals surface area (Å²) in [5.74, 6) is 0.531. The molecule has 1 atom stereocenters. The van der Waals surface area contributed by atoms with Gasteiger partial charge >= 0.3 is 0 Å². The molecule has 1 aromatic carbocycles. The Labute approximate surface area is 97.1 Å². The lowest BCUT2D eigenvalue weighted by molar-refractivity contribution is 0.0942. The summed E-state index contributed by atoms with van der Waals surface area (Å²) < 4.78 is 0. The molecule has 0 aliphatic carbocycles. The van der Waals surface area contributed by atoms with Crippen LogP contribution in [0, 0.1) is 0 Å². The SMILES string of the molecule is CC(C)c1cccc(CNC[C@@H](O)CO)c1. The summed E-state index contributed by atoms with van der Waals surface area (Å²) in [5, 5.41) is 20.9. The first-order valence-corrected chi connectivity index (χ1v) is 5.72. The van der Waals surface area contributed by atoms with Gasteiger partial charge in [0.2, 0.25) is 0 Å². The maximum absolute atomic E-state index is 9.17. The van der Waals surface area contributed by atoms with E-state index in [1.165, 1.54) is 11.1 Å². The highest BCUT2D eigenvalue weighted by atomic mass is 16.3. The first-order chi connectivity index (χ1) is 7.63. The first-order valence-electron chi connectivity index (χ1n) is 5.72. The van der Waals surface area contributed by atoms with E-state index in [-0.39, 0.29) is 6.61 Å². The molecule has 3 N–H and O–H groups in total. The number of hydrogen-bond donors (Lipinski definition) is 3. The third-order valence-corrected chi connectivity index (χ3v) is 2.54. The lowest BCUT2D eigenvalue weighted by Crippen LogP contribution is -2.28. The highest BCUT2D eigenvalue weighted by molar-refractivity contribution is 5.25. The van der Waals surface area contributed by atoms with Crippen molar-refractivity contribution in [1.82, 2.24) is 5.32 Å². The Morgan fingerprint density at radius 1 is 1.31 bits per heavy atom. The van der Waals surface area contributed by atoms with Gasteiger partial charge in [0.15, 0.2) is 0 Å². The number of aliphatic hydroxyl groups excluding tert-OH is 2. The normalized spacial score (nSPS) is 13.1. The highest BCUT2D eigenvalue weighted by Gasteiger charge is 2.02. The summed E-state index contributed by atoms with van der Waals surface area (Å²) in [5.41, 5.74) is 2.53. The fraction of sp³-hybridized carbons (Fsp3) is 0.538. The standard InChI is InChI=1S/C13H21NO2/c1-10(2)12-5-3-4-11(6-12)7-14-8-13(16)9-15/h3-6,10,13-16H,7-9H2,1-2H3/t13-/m1/s1. The summed E-state index contributed by atoms with van der Waals surface area (Å²) >= 11 is 0. The van der Waals surface area contributed by atoms with E-state index in [4.69, 9.17) is 10.2 Å². The molecule has 0 aliphatic heterocycles. The number of aliphatic hydroxyl groups is 2. The zero-order valence-electron chi connectivity index (χ0n) is 9.98. The quantitative estimate of drug-likeness (QED) is 0.680. The van der Waals surface area contributed by atoms with Gasteiger partial charge in [-0.1, -0.05) is 38.1 Å². The van der Waals surface area contributed by atoms with Crippen molar-refractivity contribution in [3.8, 4) is 0 Å². The largest absolute Gasteiger partial charge is 0.394 e. The molecule has 0 saturated carbocycles. The van der Waals surface area contributed by atoms with Crippen molar-refractivity contribution >= 4 is 0 Å². The van der Waals surface area contributed by atoms with Crippen LogP contribution in [-0.4, -0.2) is 29.5 Å². The minimum absolute atomic E-state index is 0.195. The molecule has 3 heteroatoms. The van der Waals surface area contributed by atoms with Crippen LogP contribution in [-0.2, 0) is 6.54 Å². The Balaban J connectivity index is 2.45. The van der Waals surface area contributed by atoms with Crippen molar-refractivity contribution in [3.63, 3.8) is 0 Å². The molecule has 0 heterocycles. The lowest BCUT2D eigenvalue weighted by Gasteiger charge is -2.11. The molecule has 0 fully saturated rings. The van der Waals surface area contributed by atoms with Gasteiger partial charge in [0.25, 0.3) is 0 Å². The Morgan fingerprint density at radius 3 is 2.69 bits per heavy atom. The van der Waals surface area contributed by atoms with E-state index >= 15 is 0 Å². The summed E-state index contributed by atoms with van der Waals surface area (Å²) in [4.78, 5) is 0. The number of rotatable bonds is 6. The summed E-state index contributed by atoms with van der Waals surface area (Å²) in [6.45, 7) is 5.28. The van der Waals surface area contributed by atoms with Crippen LogP contribution >= 0.6 is 0 Å². The second kappa shape index (κ2) is 6.63. The van der Waals surface area contributed by atoms with Gasteiger partial charge < -0.3 is 15.5 Å². The topological polar surface area (TPSA) is 52.5 Å². The smallest absolute Gasteiger partial charge is 0.0895 e. The van der Waals surface area contributed by atoms with Crippen LogP contribution < -0.4 is 5.32 Å². The average Bonchev–Trinajstić information content (AvgIpc) is 2.29. The van der Waals surface area contributed by atoms with Crippen LogP contribution in [0.3, 0.4) is 0 Å². The van der Waals surface area contributed by atoms with Gasteiger partial charge in [-0.2, -0.15) is 0 Å². The van der Waals surface area contributed by atoms with E-state index in [2.05, 4.69) is 43.4 Å². The van der Waals surface area contributed by atoms with Crippen molar-refractivity contribution in [2.24, 2.45) is 0 Å². The zero-order chi connectivity index (χ0) is 12.0. The van der Waals surface area contributed by atoms with Gasteiger partial charge in [-0.3, -0.25) is 0 Å².